The first-order valence-corrected chi connectivity index (χ1v) is 25.3. The normalized spacial score (nSPS) is 16.2. The second kappa shape index (κ2) is 42.3. The lowest BCUT2D eigenvalue weighted by atomic mass is 10.1. The maximum absolute atomic E-state index is 12.1. The molecule has 0 saturated carbocycles. The number of esters is 2. The number of hydrogen-bond donors (Lipinski definition) is 5. The molecule has 0 fully saturated rings. The average Bonchev–Trinajstić information content (AvgIpc) is 3.27. The molecule has 0 saturated heterocycles. The number of ether oxygens (including phenoxy) is 2. The van der Waals surface area contributed by atoms with E-state index < -0.39 is 85.5 Å². The van der Waals surface area contributed by atoms with Crippen molar-refractivity contribution >= 4 is 27.6 Å². The Hall–Kier alpha value is -3.30. The number of carbonyl (C=O) groups is 2. The van der Waals surface area contributed by atoms with Crippen LogP contribution in [-0.2, 0) is 46.3 Å². The van der Waals surface area contributed by atoms with Crippen LogP contribution >= 0.6 is 15.6 Å². The molecule has 364 valence electrons. The molecule has 0 aromatic carbocycles. The molecule has 0 spiro atoms. The molecule has 0 aliphatic carbocycles. The molecule has 15 nitrogen and oxygen atoms in total. The molecule has 0 aromatic heterocycles. The summed E-state index contributed by atoms with van der Waals surface area (Å²) in [6.45, 7) is 0.00606. The second-order valence-electron chi connectivity index (χ2n) is 14.4. The van der Waals surface area contributed by atoms with E-state index in [4.69, 9.17) is 9.47 Å². The zero-order valence-corrected chi connectivity index (χ0v) is 39.7. The summed E-state index contributed by atoms with van der Waals surface area (Å²) in [7, 11) is -9.61. The van der Waals surface area contributed by atoms with Crippen LogP contribution in [0.25, 0.3) is 0 Å². The van der Waals surface area contributed by atoms with Gasteiger partial charge in [0.2, 0.25) is 0 Å². The molecule has 0 amide bonds. The Balaban J connectivity index is 4.03. The highest BCUT2D eigenvalue weighted by Crippen LogP contribution is 2.45. The van der Waals surface area contributed by atoms with Crippen molar-refractivity contribution in [1.29, 1.82) is 0 Å². The minimum Gasteiger partial charge on any atom is -0.463 e. The molecule has 0 aliphatic rings. The van der Waals surface area contributed by atoms with Gasteiger partial charge in [-0.05, 0) is 70.6 Å². The van der Waals surface area contributed by atoms with Gasteiger partial charge in [0.05, 0.1) is 26.4 Å². The van der Waals surface area contributed by atoms with E-state index in [1.165, 1.54) is 0 Å². The van der Waals surface area contributed by atoms with E-state index in [2.05, 4.69) is 98.8 Å². The molecule has 64 heavy (non-hydrogen) atoms. The van der Waals surface area contributed by atoms with Gasteiger partial charge in [-0.2, -0.15) is 0 Å². The molecular weight excluding hydrogens is 866 g/mol. The predicted molar refractivity (Wildman–Crippen MR) is 251 cm³/mol. The van der Waals surface area contributed by atoms with Gasteiger partial charge >= 0.3 is 27.6 Å². The summed E-state index contributed by atoms with van der Waals surface area (Å²) in [5, 5.41) is 29.9. The number of aliphatic hydroxyl groups excluding tert-OH is 3. The quantitative estimate of drug-likeness (QED) is 0.0126. The van der Waals surface area contributed by atoms with E-state index in [1.807, 2.05) is 42.5 Å². The third kappa shape index (κ3) is 43.9. The maximum Gasteiger partial charge on any atom is 0.472 e. The zero-order chi connectivity index (χ0) is 47.4. The predicted octanol–water partition coefficient (Wildman–Crippen LogP) is 9.71. The van der Waals surface area contributed by atoms with Crippen LogP contribution in [0.1, 0.15) is 117 Å². The fourth-order valence-corrected chi connectivity index (χ4v) is 6.47. The molecule has 17 heteroatoms. The first-order valence-electron chi connectivity index (χ1n) is 22.3. The van der Waals surface area contributed by atoms with Crippen LogP contribution in [0.2, 0.25) is 0 Å². The summed E-state index contributed by atoms with van der Waals surface area (Å²) in [4.78, 5) is 43.6. The highest BCUT2D eigenvalue weighted by molar-refractivity contribution is 7.47. The van der Waals surface area contributed by atoms with Crippen LogP contribution in [0.4, 0.5) is 0 Å². The number of phosphoric ester groups is 2. The van der Waals surface area contributed by atoms with E-state index in [9.17, 15) is 43.8 Å². The third-order valence-electron chi connectivity index (χ3n) is 8.30. The SMILES string of the molecule is CC/C=C\C/C=C\C/C=C\C/C=C\C/C=C\C/C=C\CCC(=O)OCC(O)COP(=O)(O)OCC(O)COP(=O)(O)OCC(O)COC(=O)CCCCCCC\C=C/C=C/C=C/CC. The zero-order valence-electron chi connectivity index (χ0n) is 37.9. The Morgan fingerprint density at radius 1 is 0.422 bits per heavy atom. The van der Waals surface area contributed by atoms with Crippen LogP contribution < -0.4 is 0 Å². The lowest BCUT2D eigenvalue weighted by Crippen LogP contribution is -2.25. The smallest absolute Gasteiger partial charge is 0.463 e. The fraction of sp³-hybridized carbons (Fsp3) is 0.574. The van der Waals surface area contributed by atoms with Gasteiger partial charge in [0.1, 0.15) is 31.5 Å². The molecule has 5 N–H and O–H groups in total. The number of hydrogen-bond acceptors (Lipinski definition) is 13. The van der Waals surface area contributed by atoms with Gasteiger partial charge < -0.3 is 34.6 Å². The minimum absolute atomic E-state index is 0.0649. The van der Waals surface area contributed by atoms with Gasteiger partial charge in [0, 0.05) is 12.8 Å². The average molecular weight is 943 g/mol. The van der Waals surface area contributed by atoms with Crippen molar-refractivity contribution < 1.29 is 71.4 Å². The van der Waals surface area contributed by atoms with Crippen LogP contribution in [0, 0.1) is 0 Å². The summed E-state index contributed by atoms with van der Waals surface area (Å²) < 4.78 is 52.8. The lowest BCUT2D eigenvalue weighted by molar-refractivity contribution is -0.148. The standard InChI is InChI=1S/C47H76O15P2/c1-3-5-7-9-11-13-15-17-18-19-20-21-22-24-26-28-30-32-34-36-47(52)58-38-44(49)40-60-64(55,56)62-42-45(50)41-61-63(53,54)59-39-43(48)37-57-46(51)35-33-31-29-27-25-23-16-14-12-10-8-6-4-2/h5-8,10-14,16-18,20-21,24,26,30,32,43-45,48-50H,3-4,9,15,19,22-23,25,27-29,31,33-42H2,1-2H3,(H,53,54)(H,55,56)/b7-5-,8-6+,12-10+,13-11-,16-14-,18-17-,21-20-,26-24-,32-30-. The number of allylic oxidation sites excluding steroid dienone is 18. The number of aliphatic hydroxyl groups is 3. The number of rotatable bonds is 41. The molecule has 0 aromatic rings. The second-order valence-corrected chi connectivity index (χ2v) is 17.3. The number of carbonyl (C=O) groups excluding carboxylic acids is 2. The van der Waals surface area contributed by atoms with Crippen molar-refractivity contribution in [3.63, 3.8) is 0 Å². The summed E-state index contributed by atoms with van der Waals surface area (Å²) in [5.74, 6) is -1.11. The first-order chi connectivity index (χ1) is 30.8. The van der Waals surface area contributed by atoms with Gasteiger partial charge in [-0.3, -0.25) is 27.7 Å². The largest absolute Gasteiger partial charge is 0.472 e. The van der Waals surface area contributed by atoms with Gasteiger partial charge in [-0.1, -0.05) is 142 Å². The Morgan fingerprint density at radius 2 is 0.781 bits per heavy atom. The van der Waals surface area contributed by atoms with E-state index in [-0.39, 0.29) is 12.8 Å². The van der Waals surface area contributed by atoms with Gasteiger partial charge in [0.15, 0.2) is 0 Å². The first kappa shape index (κ1) is 60.7. The van der Waals surface area contributed by atoms with Crippen molar-refractivity contribution in [1.82, 2.24) is 0 Å². The lowest BCUT2D eigenvalue weighted by Gasteiger charge is -2.19. The van der Waals surface area contributed by atoms with Crippen LogP contribution in [0.15, 0.2) is 109 Å². The van der Waals surface area contributed by atoms with E-state index in [0.29, 0.717) is 19.3 Å². The Morgan fingerprint density at radius 3 is 1.23 bits per heavy atom. The molecule has 0 aliphatic heterocycles. The number of phosphoric acid groups is 2. The van der Waals surface area contributed by atoms with Crippen molar-refractivity contribution in [2.45, 2.75) is 135 Å². The number of unbranched alkanes of at least 4 members (excludes halogenated alkanes) is 5. The molecule has 0 radical (unpaired) electrons. The van der Waals surface area contributed by atoms with Crippen molar-refractivity contribution in [2.75, 3.05) is 39.6 Å². The molecular formula is C47H76O15P2. The highest BCUT2D eigenvalue weighted by Gasteiger charge is 2.28. The molecule has 0 bridgehead atoms. The highest BCUT2D eigenvalue weighted by atomic mass is 31.2. The van der Waals surface area contributed by atoms with Crippen LogP contribution in [0.3, 0.4) is 0 Å². The maximum atomic E-state index is 12.1. The minimum atomic E-state index is -4.81. The molecule has 5 atom stereocenters. The van der Waals surface area contributed by atoms with Gasteiger partial charge in [0.25, 0.3) is 0 Å². The van der Waals surface area contributed by atoms with Crippen molar-refractivity contribution in [3.8, 4) is 0 Å². The van der Waals surface area contributed by atoms with Gasteiger partial charge in [-0.25, -0.2) is 9.13 Å². The van der Waals surface area contributed by atoms with Crippen molar-refractivity contribution in [2.24, 2.45) is 0 Å². The van der Waals surface area contributed by atoms with E-state index in [0.717, 1.165) is 70.6 Å². The monoisotopic (exact) mass is 942 g/mol. The third-order valence-corrected chi connectivity index (χ3v) is 10.2. The van der Waals surface area contributed by atoms with Crippen molar-refractivity contribution in [3.05, 3.63) is 109 Å². The van der Waals surface area contributed by atoms with Crippen LogP contribution in [0.5, 0.6) is 0 Å². The Kier molecular flexibility index (Phi) is 40.2. The van der Waals surface area contributed by atoms with Gasteiger partial charge in [-0.15, -0.1) is 0 Å². The Labute approximate surface area is 381 Å². The molecule has 5 unspecified atom stereocenters. The summed E-state index contributed by atoms with van der Waals surface area (Å²) in [6, 6.07) is 0. The van der Waals surface area contributed by atoms with Crippen LogP contribution in [-0.4, -0.2) is 95.0 Å². The topological polar surface area (TPSA) is 225 Å². The molecule has 0 rings (SSSR count). The van der Waals surface area contributed by atoms with E-state index in [1.54, 1.807) is 0 Å². The Bertz CT molecular complexity index is 1560. The summed E-state index contributed by atoms with van der Waals surface area (Å²) >= 11 is 0. The van der Waals surface area contributed by atoms with E-state index >= 15 is 0 Å². The fourth-order valence-electron chi connectivity index (χ4n) is 4.88. The summed E-state index contributed by atoms with van der Waals surface area (Å²) in [5.41, 5.74) is 0. The summed E-state index contributed by atoms with van der Waals surface area (Å²) in [6.07, 6.45) is 45.3. The molecule has 0 heterocycles.